The molecule has 1 fully saturated rings. The Bertz CT molecular complexity index is 1070. The number of aryl methyl sites for hydroxylation is 1. The van der Waals surface area contributed by atoms with Gasteiger partial charge in [-0.05, 0) is 81.6 Å². The van der Waals surface area contributed by atoms with Crippen molar-refractivity contribution in [1.29, 1.82) is 0 Å². The van der Waals surface area contributed by atoms with Gasteiger partial charge in [0, 0.05) is 55.5 Å². The van der Waals surface area contributed by atoms with E-state index in [4.69, 9.17) is 0 Å². The zero-order valence-electron chi connectivity index (χ0n) is 19.7. The third-order valence-corrected chi connectivity index (χ3v) is 6.32. The second-order valence-corrected chi connectivity index (χ2v) is 8.46. The molecule has 3 heterocycles. The highest BCUT2D eigenvalue weighted by atomic mass is 16.1. The average Bonchev–Trinajstić information content (AvgIpc) is 2.87. The molecule has 7 heteroatoms. The zero-order chi connectivity index (χ0) is 23.2. The van der Waals surface area contributed by atoms with E-state index in [-0.39, 0.29) is 11.8 Å². The Hall–Kier alpha value is -3.48. The van der Waals surface area contributed by atoms with Crippen LogP contribution in [0.15, 0.2) is 54.9 Å². The average molecular weight is 445 g/mol. The molecule has 2 aromatic heterocycles. The van der Waals surface area contributed by atoms with Gasteiger partial charge in [-0.25, -0.2) is 0 Å². The summed E-state index contributed by atoms with van der Waals surface area (Å²) < 4.78 is 0. The van der Waals surface area contributed by atoms with Gasteiger partial charge in [-0.3, -0.25) is 9.78 Å². The van der Waals surface area contributed by atoms with E-state index >= 15 is 0 Å². The molecule has 4 rings (SSSR count). The molecule has 1 aliphatic heterocycles. The Morgan fingerprint density at radius 3 is 2.67 bits per heavy atom. The number of amides is 1. The molecule has 7 nitrogen and oxygen atoms in total. The third-order valence-electron chi connectivity index (χ3n) is 6.32. The molecule has 0 bridgehead atoms. The number of nitrogens with one attached hydrogen (secondary N) is 1. The van der Waals surface area contributed by atoms with Crippen molar-refractivity contribution in [3.05, 3.63) is 60.4 Å². The molecular formula is C26H32N6O. The largest absolute Gasteiger partial charge is 0.372 e. The summed E-state index contributed by atoms with van der Waals surface area (Å²) in [4.78, 5) is 21.7. The van der Waals surface area contributed by atoms with Crippen LogP contribution >= 0.6 is 0 Å². The first-order valence-corrected chi connectivity index (χ1v) is 11.7. The fourth-order valence-corrected chi connectivity index (χ4v) is 4.37. The van der Waals surface area contributed by atoms with E-state index in [9.17, 15) is 4.79 Å². The quantitative estimate of drug-likeness (QED) is 0.576. The van der Waals surface area contributed by atoms with Gasteiger partial charge in [0.25, 0.3) is 0 Å². The fourth-order valence-electron chi connectivity index (χ4n) is 4.37. The van der Waals surface area contributed by atoms with Gasteiger partial charge < -0.3 is 15.1 Å². The van der Waals surface area contributed by atoms with E-state index in [2.05, 4.69) is 63.2 Å². The van der Waals surface area contributed by atoms with Crippen molar-refractivity contribution in [2.24, 2.45) is 5.92 Å². The summed E-state index contributed by atoms with van der Waals surface area (Å²) in [5.74, 6) is 0.790. The lowest BCUT2D eigenvalue weighted by Crippen LogP contribution is -2.41. The lowest BCUT2D eigenvalue weighted by Gasteiger charge is -2.32. The summed E-state index contributed by atoms with van der Waals surface area (Å²) in [7, 11) is 0. The van der Waals surface area contributed by atoms with Gasteiger partial charge in [-0.1, -0.05) is 0 Å². The Balaban J connectivity index is 1.41. The van der Waals surface area contributed by atoms with E-state index in [0.29, 0.717) is 6.54 Å². The molecule has 0 aliphatic carbocycles. The van der Waals surface area contributed by atoms with Crippen molar-refractivity contribution in [3.8, 4) is 11.3 Å². The van der Waals surface area contributed by atoms with Gasteiger partial charge in [0.2, 0.25) is 5.91 Å². The smallest absolute Gasteiger partial charge is 0.229 e. The Morgan fingerprint density at radius 2 is 2.00 bits per heavy atom. The van der Waals surface area contributed by atoms with Crippen LogP contribution in [-0.2, 0) is 4.79 Å². The first-order chi connectivity index (χ1) is 16.1. The molecule has 1 aromatic carbocycles. The summed E-state index contributed by atoms with van der Waals surface area (Å²) in [5, 5.41) is 12.0. The Kier molecular flexibility index (Phi) is 7.17. The topological polar surface area (TPSA) is 74.2 Å². The molecule has 3 aromatic rings. The van der Waals surface area contributed by atoms with Gasteiger partial charge in [0.05, 0.1) is 11.6 Å². The highest BCUT2D eigenvalue weighted by Gasteiger charge is 2.27. The lowest BCUT2D eigenvalue weighted by molar-refractivity contribution is -0.120. The predicted octanol–water partition coefficient (Wildman–Crippen LogP) is 4.55. The summed E-state index contributed by atoms with van der Waals surface area (Å²) in [6.07, 6.45) is 5.34. The molecule has 172 valence electrons. The Labute approximate surface area is 195 Å². The SMILES string of the molecule is CCN(CC)c1ccc(NC(=O)C2CCCN(c3ccc(-c4cccnc4)nn3)C2)c(C)c1. The van der Waals surface area contributed by atoms with E-state index in [0.717, 1.165) is 60.8 Å². The van der Waals surface area contributed by atoms with Crippen LogP contribution in [0.3, 0.4) is 0 Å². The van der Waals surface area contributed by atoms with Gasteiger partial charge in [0.1, 0.15) is 0 Å². The maximum atomic E-state index is 13.1. The van der Waals surface area contributed by atoms with Crippen LogP contribution in [0, 0.1) is 12.8 Å². The molecule has 1 aliphatic rings. The minimum absolute atomic E-state index is 0.0679. The minimum Gasteiger partial charge on any atom is -0.372 e. The third kappa shape index (κ3) is 5.30. The van der Waals surface area contributed by atoms with Gasteiger partial charge in [-0.2, -0.15) is 0 Å². The Morgan fingerprint density at radius 1 is 1.15 bits per heavy atom. The monoisotopic (exact) mass is 444 g/mol. The van der Waals surface area contributed by atoms with E-state index < -0.39 is 0 Å². The van der Waals surface area contributed by atoms with E-state index in [1.165, 1.54) is 5.69 Å². The predicted molar refractivity (Wildman–Crippen MR) is 134 cm³/mol. The number of hydrogen-bond donors (Lipinski definition) is 1. The molecule has 1 amide bonds. The number of benzene rings is 1. The van der Waals surface area contributed by atoms with Crippen LogP contribution < -0.4 is 15.1 Å². The summed E-state index contributed by atoms with van der Waals surface area (Å²) in [5.41, 5.74) is 4.88. The molecule has 0 saturated carbocycles. The van der Waals surface area contributed by atoms with Crippen LogP contribution in [0.2, 0.25) is 0 Å². The van der Waals surface area contributed by atoms with Gasteiger partial charge in [0.15, 0.2) is 5.82 Å². The van der Waals surface area contributed by atoms with Crippen LogP contribution in [-0.4, -0.2) is 47.3 Å². The number of nitrogens with zero attached hydrogens (tertiary/aromatic N) is 5. The second-order valence-electron chi connectivity index (χ2n) is 8.46. The molecule has 33 heavy (non-hydrogen) atoms. The number of anilines is 3. The molecule has 0 spiro atoms. The number of piperidine rings is 1. The maximum absolute atomic E-state index is 13.1. The highest BCUT2D eigenvalue weighted by molar-refractivity contribution is 5.94. The molecular weight excluding hydrogens is 412 g/mol. The first-order valence-electron chi connectivity index (χ1n) is 11.7. The number of carbonyl (C=O) groups excluding carboxylic acids is 1. The van der Waals surface area contributed by atoms with Crippen LogP contribution in [0.25, 0.3) is 11.3 Å². The number of hydrogen-bond acceptors (Lipinski definition) is 6. The van der Waals surface area contributed by atoms with Crippen molar-refractivity contribution in [2.75, 3.05) is 41.3 Å². The van der Waals surface area contributed by atoms with Crippen molar-refractivity contribution >= 4 is 23.1 Å². The number of carbonyl (C=O) groups is 1. The normalized spacial score (nSPS) is 15.8. The second kappa shape index (κ2) is 10.4. The first kappa shape index (κ1) is 22.7. The standard InChI is InChI=1S/C26H32N6O/c1-4-31(5-2)22-10-11-23(19(3)16-22)28-26(33)21-9-7-15-32(18-21)25-13-12-24(29-30-25)20-8-6-14-27-17-20/h6,8,10-14,16-17,21H,4-5,7,9,15,18H2,1-3H3,(H,28,33). The van der Waals surface area contributed by atoms with Gasteiger partial charge in [-0.15, -0.1) is 10.2 Å². The molecule has 1 N–H and O–H groups in total. The van der Waals surface area contributed by atoms with Crippen molar-refractivity contribution in [2.45, 2.75) is 33.6 Å². The van der Waals surface area contributed by atoms with Crippen molar-refractivity contribution in [3.63, 3.8) is 0 Å². The summed E-state index contributed by atoms with van der Waals surface area (Å²) in [6.45, 7) is 9.80. The van der Waals surface area contributed by atoms with Gasteiger partial charge >= 0.3 is 0 Å². The van der Waals surface area contributed by atoms with Crippen LogP contribution in [0.5, 0.6) is 0 Å². The number of aromatic nitrogens is 3. The van der Waals surface area contributed by atoms with Crippen molar-refractivity contribution in [1.82, 2.24) is 15.2 Å². The highest BCUT2D eigenvalue weighted by Crippen LogP contribution is 2.26. The van der Waals surface area contributed by atoms with E-state index in [1.807, 2.05) is 30.3 Å². The van der Waals surface area contributed by atoms with E-state index in [1.54, 1.807) is 12.4 Å². The van der Waals surface area contributed by atoms with Crippen LogP contribution in [0.4, 0.5) is 17.2 Å². The minimum atomic E-state index is -0.0830. The zero-order valence-corrected chi connectivity index (χ0v) is 19.7. The fraction of sp³-hybridized carbons (Fsp3) is 0.385. The lowest BCUT2D eigenvalue weighted by atomic mass is 9.96. The van der Waals surface area contributed by atoms with Crippen LogP contribution in [0.1, 0.15) is 32.3 Å². The maximum Gasteiger partial charge on any atom is 0.229 e. The number of rotatable bonds is 7. The summed E-state index contributed by atoms with van der Waals surface area (Å²) in [6, 6.07) is 14.0. The molecule has 1 saturated heterocycles. The molecule has 1 unspecified atom stereocenters. The molecule has 0 radical (unpaired) electrons. The summed E-state index contributed by atoms with van der Waals surface area (Å²) >= 11 is 0. The number of pyridine rings is 1. The molecule has 1 atom stereocenters. The van der Waals surface area contributed by atoms with Crippen molar-refractivity contribution < 1.29 is 4.79 Å².